The van der Waals surface area contributed by atoms with Gasteiger partial charge in [0, 0.05) is 12.4 Å². The minimum atomic E-state index is -3.48. The van der Waals surface area contributed by atoms with Crippen LogP contribution in [0.15, 0.2) is 47.6 Å². The van der Waals surface area contributed by atoms with E-state index in [1.54, 1.807) is 31.5 Å². The maximum absolute atomic E-state index is 12.2. The smallest absolute Gasteiger partial charge is 0.267 e. The van der Waals surface area contributed by atoms with Crippen LogP contribution in [0.25, 0.3) is 0 Å². The maximum Gasteiger partial charge on any atom is 0.267 e. The number of rotatable bonds is 3. The first-order chi connectivity index (χ1) is 8.04. The number of benzene rings is 1. The Bertz CT molecular complexity index is 611. The van der Waals surface area contributed by atoms with Gasteiger partial charge in [-0.1, -0.05) is 0 Å². The van der Waals surface area contributed by atoms with Gasteiger partial charge in [-0.25, -0.2) is 12.4 Å². The van der Waals surface area contributed by atoms with E-state index in [4.69, 9.17) is 4.74 Å². The predicted molar refractivity (Wildman–Crippen MR) is 64.7 cm³/mol. The van der Waals surface area contributed by atoms with Crippen LogP contribution >= 0.6 is 0 Å². The molecule has 0 unspecified atom stereocenters. The van der Waals surface area contributed by atoms with Gasteiger partial charge in [-0.15, -0.1) is 0 Å². The highest BCUT2D eigenvalue weighted by molar-refractivity contribution is 7.90. The molecule has 5 heteroatoms. The summed E-state index contributed by atoms with van der Waals surface area (Å²) in [6, 6.07) is 8.07. The summed E-state index contributed by atoms with van der Waals surface area (Å²) in [5, 5.41) is 0. The molecule has 0 atom stereocenters. The minimum absolute atomic E-state index is 0.244. The third kappa shape index (κ3) is 2.19. The van der Waals surface area contributed by atoms with Crippen LogP contribution in [0.5, 0.6) is 5.75 Å². The van der Waals surface area contributed by atoms with Crippen molar-refractivity contribution in [1.29, 1.82) is 0 Å². The maximum atomic E-state index is 12.2. The Morgan fingerprint density at radius 2 is 1.76 bits per heavy atom. The lowest BCUT2D eigenvalue weighted by Crippen LogP contribution is -2.10. The van der Waals surface area contributed by atoms with Crippen molar-refractivity contribution in [2.75, 3.05) is 7.11 Å². The average molecular weight is 251 g/mol. The lowest BCUT2D eigenvalue weighted by atomic mass is 10.3. The average Bonchev–Trinajstić information content (AvgIpc) is 2.77. The molecule has 0 N–H and O–H groups in total. The fourth-order valence-electron chi connectivity index (χ4n) is 1.50. The van der Waals surface area contributed by atoms with Crippen LogP contribution in [-0.4, -0.2) is 19.5 Å². The number of hydrogen-bond donors (Lipinski definition) is 0. The van der Waals surface area contributed by atoms with Crippen LogP contribution in [0.3, 0.4) is 0 Å². The van der Waals surface area contributed by atoms with Crippen LogP contribution in [0, 0.1) is 6.92 Å². The molecule has 0 fully saturated rings. The highest BCUT2D eigenvalue weighted by Crippen LogP contribution is 2.18. The van der Waals surface area contributed by atoms with Crippen LogP contribution in [0.4, 0.5) is 0 Å². The summed E-state index contributed by atoms with van der Waals surface area (Å²) in [6.07, 6.45) is 3.12. The normalized spacial score (nSPS) is 11.4. The van der Waals surface area contributed by atoms with E-state index < -0.39 is 10.0 Å². The molecule has 0 spiro atoms. The number of aryl methyl sites for hydroxylation is 1. The molecule has 0 amide bonds. The Kier molecular flexibility index (Phi) is 2.93. The van der Waals surface area contributed by atoms with Crippen molar-refractivity contribution in [3.63, 3.8) is 0 Å². The van der Waals surface area contributed by atoms with Crippen molar-refractivity contribution in [3.8, 4) is 5.75 Å². The zero-order chi connectivity index (χ0) is 12.5. The number of nitrogens with zero attached hydrogens (tertiary/aromatic N) is 1. The molecule has 0 saturated carbocycles. The highest BCUT2D eigenvalue weighted by atomic mass is 32.2. The SMILES string of the molecule is COc1ccc(S(=O)(=O)n2ccc(C)c2)cc1. The van der Waals surface area contributed by atoms with Crippen LogP contribution in [0.2, 0.25) is 0 Å². The van der Waals surface area contributed by atoms with Crippen molar-refractivity contribution in [2.24, 2.45) is 0 Å². The Hall–Kier alpha value is -1.75. The molecule has 2 rings (SSSR count). The number of hydrogen-bond acceptors (Lipinski definition) is 3. The van der Waals surface area contributed by atoms with E-state index in [1.165, 1.54) is 22.3 Å². The fraction of sp³-hybridized carbons (Fsp3) is 0.167. The highest BCUT2D eigenvalue weighted by Gasteiger charge is 2.15. The Balaban J connectivity index is 2.44. The molecule has 0 radical (unpaired) electrons. The van der Waals surface area contributed by atoms with E-state index in [9.17, 15) is 8.42 Å². The van der Waals surface area contributed by atoms with E-state index in [0.29, 0.717) is 5.75 Å². The second kappa shape index (κ2) is 4.25. The van der Waals surface area contributed by atoms with Crippen molar-refractivity contribution in [3.05, 3.63) is 48.3 Å². The largest absolute Gasteiger partial charge is 0.497 e. The van der Waals surface area contributed by atoms with E-state index in [1.807, 2.05) is 6.92 Å². The molecule has 0 aliphatic rings. The van der Waals surface area contributed by atoms with E-state index >= 15 is 0 Å². The van der Waals surface area contributed by atoms with Crippen LogP contribution in [0.1, 0.15) is 5.56 Å². The van der Waals surface area contributed by atoms with Gasteiger partial charge in [0.1, 0.15) is 5.75 Å². The van der Waals surface area contributed by atoms with E-state index in [0.717, 1.165) is 5.56 Å². The van der Waals surface area contributed by atoms with Crippen molar-refractivity contribution in [1.82, 2.24) is 3.97 Å². The zero-order valence-corrected chi connectivity index (χ0v) is 10.4. The van der Waals surface area contributed by atoms with Gasteiger partial charge < -0.3 is 4.74 Å². The molecule has 90 valence electrons. The third-order valence-electron chi connectivity index (χ3n) is 2.45. The Labute approximate surface area is 101 Å². The first kappa shape index (κ1) is 11.7. The molecule has 1 aromatic carbocycles. The predicted octanol–water partition coefficient (Wildman–Crippen LogP) is 2.04. The van der Waals surface area contributed by atoms with Crippen molar-refractivity contribution in [2.45, 2.75) is 11.8 Å². The van der Waals surface area contributed by atoms with Gasteiger partial charge in [-0.3, -0.25) is 0 Å². The van der Waals surface area contributed by atoms with Gasteiger partial charge in [-0.05, 0) is 42.8 Å². The minimum Gasteiger partial charge on any atom is -0.497 e. The molecule has 17 heavy (non-hydrogen) atoms. The van der Waals surface area contributed by atoms with Crippen molar-refractivity contribution >= 4 is 10.0 Å². The summed E-state index contributed by atoms with van der Waals surface area (Å²) in [7, 11) is -1.94. The van der Waals surface area contributed by atoms with Crippen LogP contribution in [-0.2, 0) is 10.0 Å². The molecule has 1 aromatic heterocycles. The first-order valence-electron chi connectivity index (χ1n) is 5.08. The fourth-order valence-corrected chi connectivity index (χ4v) is 2.75. The van der Waals surface area contributed by atoms with Gasteiger partial charge in [0.2, 0.25) is 0 Å². The van der Waals surface area contributed by atoms with Gasteiger partial charge in [0.25, 0.3) is 10.0 Å². The summed E-state index contributed by atoms with van der Waals surface area (Å²) >= 11 is 0. The van der Waals surface area contributed by atoms with Crippen molar-refractivity contribution < 1.29 is 13.2 Å². The molecular weight excluding hydrogens is 238 g/mol. The first-order valence-corrected chi connectivity index (χ1v) is 6.52. The number of ether oxygens (including phenoxy) is 1. The summed E-state index contributed by atoms with van der Waals surface area (Å²) in [5.41, 5.74) is 0.905. The lowest BCUT2D eigenvalue weighted by Gasteiger charge is -2.06. The zero-order valence-electron chi connectivity index (χ0n) is 9.62. The molecular formula is C12H13NO3S. The molecule has 0 aliphatic carbocycles. The molecule has 0 bridgehead atoms. The summed E-state index contributed by atoms with van der Waals surface area (Å²) in [5.74, 6) is 0.632. The molecule has 0 saturated heterocycles. The third-order valence-corrected chi connectivity index (χ3v) is 4.10. The monoisotopic (exact) mass is 251 g/mol. The topological polar surface area (TPSA) is 48.3 Å². The second-order valence-corrected chi connectivity index (χ2v) is 5.54. The van der Waals surface area contributed by atoms with Gasteiger partial charge in [-0.2, -0.15) is 0 Å². The Morgan fingerprint density at radius 3 is 2.24 bits per heavy atom. The summed E-state index contributed by atoms with van der Waals surface area (Å²) in [4.78, 5) is 0.244. The van der Waals surface area contributed by atoms with E-state index in [2.05, 4.69) is 0 Å². The lowest BCUT2D eigenvalue weighted by molar-refractivity contribution is 0.414. The quantitative estimate of drug-likeness (QED) is 0.838. The van der Waals surface area contributed by atoms with Gasteiger partial charge in [0.05, 0.1) is 12.0 Å². The Morgan fingerprint density at radius 1 is 1.12 bits per heavy atom. The number of methoxy groups -OCH3 is 1. The molecule has 1 heterocycles. The summed E-state index contributed by atoms with van der Waals surface area (Å²) in [6.45, 7) is 1.85. The van der Waals surface area contributed by atoms with Gasteiger partial charge >= 0.3 is 0 Å². The molecule has 2 aromatic rings. The standard InChI is InChI=1S/C12H13NO3S/c1-10-7-8-13(9-10)17(14,15)12-5-3-11(16-2)4-6-12/h3-9H,1-2H3. The molecule has 0 aliphatic heterocycles. The second-order valence-electron chi connectivity index (χ2n) is 3.70. The number of aromatic nitrogens is 1. The summed E-state index contributed by atoms with van der Waals surface area (Å²) < 4.78 is 30.5. The van der Waals surface area contributed by atoms with Gasteiger partial charge in [0.15, 0.2) is 0 Å². The van der Waals surface area contributed by atoms with E-state index in [-0.39, 0.29) is 4.90 Å². The van der Waals surface area contributed by atoms with Crippen LogP contribution < -0.4 is 4.74 Å². The molecule has 4 nitrogen and oxygen atoms in total.